The second kappa shape index (κ2) is 4.75. The van der Waals surface area contributed by atoms with Gasteiger partial charge in [-0.2, -0.15) is 5.10 Å². The molecule has 0 atom stereocenters. The molecule has 1 fully saturated rings. The number of rotatable bonds is 1. The number of nitrogens with zero attached hydrogens (tertiary/aromatic N) is 3. The summed E-state index contributed by atoms with van der Waals surface area (Å²) in [6, 6.07) is 3.22. The van der Waals surface area contributed by atoms with Crippen LogP contribution in [0, 0.1) is 0 Å². The zero-order chi connectivity index (χ0) is 14.4. The molecular weight excluding hydrogens is 348 g/mol. The maximum atomic E-state index is 11.9. The van der Waals surface area contributed by atoms with Crippen molar-refractivity contribution in [1.82, 2.24) is 15.1 Å². The first kappa shape index (κ1) is 13.4. The van der Waals surface area contributed by atoms with Crippen LogP contribution in [-0.2, 0) is 11.8 Å². The third-order valence-corrected chi connectivity index (χ3v) is 4.48. The van der Waals surface area contributed by atoms with Crippen molar-refractivity contribution < 1.29 is 9.59 Å². The molecule has 1 aliphatic heterocycles. The van der Waals surface area contributed by atoms with E-state index in [1.165, 1.54) is 4.90 Å². The van der Waals surface area contributed by atoms with E-state index in [1.54, 1.807) is 11.7 Å². The molecule has 1 aromatic carbocycles. The molecular formula is C12H10BrClN4O2. The SMILES string of the molecule is Cn1nc(N2CCC(=O)NC2=O)c2c(Cl)c(Br)ccc21. The Balaban J connectivity index is 2.19. The molecule has 3 rings (SSSR count). The number of halogens is 2. The predicted molar refractivity (Wildman–Crippen MR) is 78.9 cm³/mol. The number of benzene rings is 1. The number of carbonyl (C=O) groups is 2. The van der Waals surface area contributed by atoms with E-state index in [0.29, 0.717) is 22.8 Å². The minimum absolute atomic E-state index is 0.245. The molecule has 2 aromatic rings. The van der Waals surface area contributed by atoms with Crippen molar-refractivity contribution in [3.63, 3.8) is 0 Å². The van der Waals surface area contributed by atoms with Crippen LogP contribution in [0.25, 0.3) is 10.9 Å². The number of aryl methyl sites for hydroxylation is 1. The lowest BCUT2D eigenvalue weighted by atomic mass is 10.2. The van der Waals surface area contributed by atoms with E-state index in [1.807, 2.05) is 12.1 Å². The van der Waals surface area contributed by atoms with Gasteiger partial charge in [0.25, 0.3) is 0 Å². The van der Waals surface area contributed by atoms with Crippen LogP contribution in [0.5, 0.6) is 0 Å². The molecule has 3 amide bonds. The standard InChI is InChI=1S/C12H10BrClN4O2/c1-17-7-3-2-6(13)10(14)9(7)11(16-17)18-5-4-8(19)15-12(18)20/h2-3H,4-5H2,1H3,(H,15,19,20). The Morgan fingerprint density at radius 3 is 2.85 bits per heavy atom. The fourth-order valence-electron chi connectivity index (χ4n) is 2.22. The number of hydrogen-bond acceptors (Lipinski definition) is 3. The highest BCUT2D eigenvalue weighted by Crippen LogP contribution is 2.37. The normalized spacial score (nSPS) is 15.8. The molecule has 1 saturated heterocycles. The Kier molecular flexibility index (Phi) is 3.18. The number of urea groups is 1. The van der Waals surface area contributed by atoms with Crippen LogP contribution in [0.2, 0.25) is 5.02 Å². The molecule has 8 heteroatoms. The Labute approximate surface area is 127 Å². The number of fused-ring (bicyclic) bond motifs is 1. The van der Waals surface area contributed by atoms with Crippen LogP contribution in [0.3, 0.4) is 0 Å². The molecule has 2 heterocycles. The lowest BCUT2D eigenvalue weighted by Crippen LogP contribution is -2.49. The van der Waals surface area contributed by atoms with Crippen molar-refractivity contribution >= 4 is 56.2 Å². The smallest absolute Gasteiger partial charge is 0.278 e. The third kappa shape index (κ3) is 1.97. The van der Waals surface area contributed by atoms with E-state index in [2.05, 4.69) is 26.3 Å². The van der Waals surface area contributed by atoms with Gasteiger partial charge in [-0.25, -0.2) is 4.79 Å². The Bertz CT molecular complexity index is 743. The van der Waals surface area contributed by atoms with Gasteiger partial charge in [-0.05, 0) is 28.1 Å². The van der Waals surface area contributed by atoms with Crippen LogP contribution < -0.4 is 10.2 Å². The van der Waals surface area contributed by atoms with Crippen LogP contribution in [0.15, 0.2) is 16.6 Å². The van der Waals surface area contributed by atoms with Gasteiger partial charge >= 0.3 is 6.03 Å². The molecule has 1 aliphatic rings. The molecule has 0 spiro atoms. The topological polar surface area (TPSA) is 67.2 Å². The highest BCUT2D eigenvalue weighted by Gasteiger charge is 2.29. The molecule has 0 unspecified atom stereocenters. The maximum absolute atomic E-state index is 11.9. The van der Waals surface area contributed by atoms with Crippen LogP contribution >= 0.6 is 27.5 Å². The summed E-state index contributed by atoms with van der Waals surface area (Å²) in [4.78, 5) is 24.6. The van der Waals surface area contributed by atoms with E-state index >= 15 is 0 Å². The Morgan fingerprint density at radius 2 is 2.15 bits per heavy atom. The largest absolute Gasteiger partial charge is 0.329 e. The maximum Gasteiger partial charge on any atom is 0.329 e. The zero-order valence-corrected chi connectivity index (χ0v) is 12.8. The van der Waals surface area contributed by atoms with Crippen molar-refractivity contribution in [2.45, 2.75) is 6.42 Å². The van der Waals surface area contributed by atoms with Gasteiger partial charge < -0.3 is 0 Å². The number of amides is 3. The first-order valence-electron chi connectivity index (χ1n) is 5.91. The van der Waals surface area contributed by atoms with Gasteiger partial charge in [0.05, 0.1) is 15.9 Å². The minimum atomic E-state index is -0.475. The monoisotopic (exact) mass is 356 g/mol. The first-order chi connectivity index (χ1) is 9.49. The quantitative estimate of drug-likeness (QED) is 0.852. The van der Waals surface area contributed by atoms with E-state index in [4.69, 9.17) is 11.6 Å². The van der Waals surface area contributed by atoms with Crippen LogP contribution in [0.1, 0.15) is 6.42 Å². The first-order valence-corrected chi connectivity index (χ1v) is 7.08. The predicted octanol–water partition coefficient (Wildman–Crippen LogP) is 2.44. The molecule has 104 valence electrons. The number of anilines is 1. The fourth-order valence-corrected chi connectivity index (χ4v) is 2.80. The van der Waals surface area contributed by atoms with Gasteiger partial charge in [0, 0.05) is 24.5 Å². The Morgan fingerprint density at radius 1 is 1.40 bits per heavy atom. The van der Waals surface area contributed by atoms with Crippen LogP contribution in [0.4, 0.5) is 10.6 Å². The van der Waals surface area contributed by atoms with Crippen molar-refractivity contribution in [2.75, 3.05) is 11.4 Å². The fraction of sp³-hybridized carbons (Fsp3) is 0.250. The van der Waals surface area contributed by atoms with Gasteiger partial charge in [0.2, 0.25) is 5.91 Å². The summed E-state index contributed by atoms with van der Waals surface area (Å²) in [5.41, 5.74) is 0.818. The lowest BCUT2D eigenvalue weighted by Gasteiger charge is -2.24. The highest BCUT2D eigenvalue weighted by atomic mass is 79.9. The number of nitrogens with one attached hydrogen (secondary N) is 1. The summed E-state index contributed by atoms with van der Waals surface area (Å²) >= 11 is 9.68. The van der Waals surface area contributed by atoms with Gasteiger partial charge in [-0.3, -0.25) is 19.7 Å². The summed E-state index contributed by atoms with van der Waals surface area (Å²) in [6.45, 7) is 0.291. The molecule has 0 aliphatic carbocycles. The van der Waals surface area contributed by atoms with E-state index in [9.17, 15) is 9.59 Å². The summed E-state index contributed by atoms with van der Waals surface area (Å²) < 4.78 is 2.39. The number of imide groups is 1. The zero-order valence-electron chi connectivity index (χ0n) is 10.5. The number of hydrogen-bond donors (Lipinski definition) is 1. The average Bonchev–Trinajstić information content (AvgIpc) is 2.72. The third-order valence-electron chi connectivity index (χ3n) is 3.20. The second-order valence-electron chi connectivity index (χ2n) is 4.46. The van der Waals surface area contributed by atoms with Gasteiger partial charge in [-0.1, -0.05) is 11.6 Å². The molecule has 20 heavy (non-hydrogen) atoms. The van der Waals surface area contributed by atoms with E-state index in [0.717, 1.165) is 9.99 Å². The Hall–Kier alpha value is -1.60. The van der Waals surface area contributed by atoms with Crippen molar-refractivity contribution in [3.8, 4) is 0 Å². The summed E-state index contributed by atoms with van der Waals surface area (Å²) in [5.74, 6) is 0.178. The molecule has 1 aromatic heterocycles. The van der Waals surface area contributed by atoms with Crippen molar-refractivity contribution in [2.24, 2.45) is 7.05 Å². The number of carbonyl (C=O) groups excluding carboxylic acids is 2. The van der Waals surface area contributed by atoms with Crippen molar-refractivity contribution in [3.05, 3.63) is 21.6 Å². The number of aromatic nitrogens is 2. The van der Waals surface area contributed by atoms with Gasteiger partial charge in [0.15, 0.2) is 5.82 Å². The molecule has 0 radical (unpaired) electrons. The summed E-state index contributed by atoms with van der Waals surface area (Å²) in [6.07, 6.45) is 0.245. The lowest BCUT2D eigenvalue weighted by molar-refractivity contribution is -0.120. The molecule has 6 nitrogen and oxygen atoms in total. The molecule has 0 bridgehead atoms. The van der Waals surface area contributed by atoms with E-state index < -0.39 is 6.03 Å². The molecule has 0 saturated carbocycles. The average molecular weight is 358 g/mol. The van der Waals surface area contributed by atoms with Crippen molar-refractivity contribution in [1.29, 1.82) is 0 Å². The van der Waals surface area contributed by atoms with Gasteiger partial charge in [-0.15, -0.1) is 0 Å². The van der Waals surface area contributed by atoms with Gasteiger partial charge in [0.1, 0.15) is 0 Å². The summed E-state index contributed by atoms with van der Waals surface area (Å²) in [5, 5.41) is 7.82. The summed E-state index contributed by atoms with van der Waals surface area (Å²) in [7, 11) is 1.78. The minimum Gasteiger partial charge on any atom is -0.278 e. The molecule has 1 N–H and O–H groups in total. The highest BCUT2D eigenvalue weighted by molar-refractivity contribution is 9.10. The van der Waals surface area contributed by atoms with Crippen LogP contribution in [-0.4, -0.2) is 28.3 Å². The second-order valence-corrected chi connectivity index (χ2v) is 5.69. The van der Waals surface area contributed by atoms with E-state index in [-0.39, 0.29) is 12.3 Å².